The Morgan fingerprint density at radius 1 is 0.897 bits per heavy atom. The largest absolute Gasteiger partial charge is 0.465 e. The first-order valence-corrected chi connectivity index (χ1v) is 16.5. The molecule has 0 saturated carbocycles. The zero-order valence-electron chi connectivity index (χ0n) is 22.1. The molecule has 39 heavy (non-hydrogen) atoms. The molecule has 0 aromatic heterocycles. The number of ether oxygens (including phenoxy) is 2. The maximum Gasteiger partial charge on any atom is 0.349 e. The second-order valence-electron chi connectivity index (χ2n) is 7.00. The zero-order valence-corrected chi connectivity index (χ0v) is 32.1. The van der Waals surface area contributed by atoms with E-state index >= 15 is 0 Å². The number of nitrogens with zero attached hydrogens (tertiary/aromatic N) is 2. The molecule has 0 aliphatic rings. The average molecular weight is 1020 g/mol. The van der Waals surface area contributed by atoms with Crippen molar-refractivity contribution in [1.82, 2.24) is 0 Å². The van der Waals surface area contributed by atoms with Gasteiger partial charge in [0.25, 0.3) is 0 Å². The van der Waals surface area contributed by atoms with Crippen molar-refractivity contribution >= 4 is 108 Å². The minimum absolute atomic E-state index is 0. The molecule has 0 saturated heterocycles. The van der Waals surface area contributed by atoms with Gasteiger partial charge in [-0.25, -0.2) is 4.79 Å². The van der Waals surface area contributed by atoms with E-state index in [1.807, 2.05) is 102 Å². The summed E-state index contributed by atoms with van der Waals surface area (Å²) in [7, 11) is 0. The van der Waals surface area contributed by atoms with Crippen LogP contribution < -0.4 is 0 Å². The first-order chi connectivity index (χ1) is 18.1. The maximum atomic E-state index is 11.5. The van der Waals surface area contributed by atoms with Crippen LogP contribution in [-0.4, -0.2) is 25.1 Å². The van der Waals surface area contributed by atoms with Crippen molar-refractivity contribution in [1.29, 1.82) is 10.5 Å². The molecule has 0 aliphatic carbocycles. The van der Waals surface area contributed by atoms with Gasteiger partial charge in [-0.2, -0.15) is 10.5 Å². The molecule has 0 fully saturated rings. The van der Waals surface area contributed by atoms with Crippen LogP contribution in [0.2, 0.25) is 0 Å². The summed E-state index contributed by atoms with van der Waals surface area (Å²) in [5, 5.41) is 18.0. The minimum atomic E-state index is -0.734. The van der Waals surface area contributed by atoms with E-state index in [2.05, 4.69) is 72.7 Å². The van der Waals surface area contributed by atoms with E-state index in [1.54, 1.807) is 20.8 Å². The summed E-state index contributed by atoms with van der Waals surface area (Å²) in [4.78, 5) is 26.3. The predicted octanol–water partition coefficient (Wildman–Crippen LogP) is 8.83. The average Bonchev–Trinajstić information content (AvgIpc) is 2.92. The van der Waals surface area contributed by atoms with Crippen molar-refractivity contribution in [3.63, 3.8) is 0 Å². The SMILES string of the molecule is CCOC(=O)/C(C#N)=C(\C)c1ccccc1.CCOC(=O)C(C#N)C(C)c1ccccc1.IC(I)I.[CH2-]I.[V]. The Kier molecular flexibility index (Phi) is 30.7. The Morgan fingerprint density at radius 3 is 1.72 bits per heavy atom. The molecular weight excluding hydrogens is 987 g/mol. The number of nitriles is 2. The normalized spacial score (nSPS) is 11.3. The monoisotopic (exact) mass is 1020 g/mol. The molecule has 2 unspecified atom stereocenters. The van der Waals surface area contributed by atoms with E-state index in [1.165, 1.54) is 0 Å². The minimum Gasteiger partial charge on any atom is -0.465 e. The number of hydrogen-bond donors (Lipinski definition) is 0. The van der Waals surface area contributed by atoms with Crippen LogP contribution in [0.5, 0.6) is 0 Å². The van der Waals surface area contributed by atoms with Gasteiger partial charge in [0.15, 0.2) is 5.92 Å². The Morgan fingerprint density at radius 2 is 1.33 bits per heavy atom. The molecule has 0 N–H and O–H groups in total. The van der Waals surface area contributed by atoms with Gasteiger partial charge in [-0.15, -0.1) is 0 Å². The van der Waals surface area contributed by atoms with Crippen molar-refractivity contribution in [3.8, 4) is 12.1 Å². The zero-order chi connectivity index (χ0) is 29.5. The van der Waals surface area contributed by atoms with E-state index < -0.39 is 17.9 Å². The Bertz CT molecular complexity index is 1050. The van der Waals surface area contributed by atoms with Gasteiger partial charge in [0.2, 0.25) is 0 Å². The topological polar surface area (TPSA) is 100 Å². The number of esters is 2. The van der Waals surface area contributed by atoms with Crippen LogP contribution in [-0.2, 0) is 37.6 Å². The van der Waals surface area contributed by atoms with Crippen molar-refractivity contribution in [2.75, 3.05) is 13.2 Å². The molecule has 0 amide bonds. The number of alkyl halides is 3. The molecule has 211 valence electrons. The third-order valence-corrected chi connectivity index (χ3v) is 4.68. The molecular formula is C28H31I4N2O4V-. The third-order valence-electron chi connectivity index (χ3n) is 4.68. The Labute approximate surface area is 299 Å². The third kappa shape index (κ3) is 19.4. The van der Waals surface area contributed by atoms with Gasteiger partial charge in [0, 0.05) is 24.5 Å². The van der Waals surface area contributed by atoms with Crippen LogP contribution in [0.1, 0.15) is 44.7 Å². The van der Waals surface area contributed by atoms with Crippen molar-refractivity contribution in [2.24, 2.45) is 5.92 Å². The van der Waals surface area contributed by atoms with Crippen LogP contribution >= 0.6 is 90.4 Å². The summed E-state index contributed by atoms with van der Waals surface area (Å²) >= 11 is 8.85. The number of halogens is 4. The fourth-order valence-electron chi connectivity index (χ4n) is 2.87. The summed E-state index contributed by atoms with van der Waals surface area (Å²) in [5.74, 6) is -1.89. The standard InChI is InChI=1S/C13H15NO2.C13H13NO2.CHI3.CH2I.V/c2*1-3-16-13(15)12(9-14)10(2)11-7-5-4-6-8-11;2-1(3)4;1-2;/h4-8,10,12H,3H2,1-2H3;4-8H,3H2,1-2H3;1H;1H2;/q;;;-1;/b;12-10+;;;. The second kappa shape index (κ2) is 27.8. The molecule has 0 spiro atoms. The smallest absolute Gasteiger partial charge is 0.349 e. The quantitative estimate of drug-likeness (QED) is 0.0687. The van der Waals surface area contributed by atoms with Crippen LogP contribution in [0.15, 0.2) is 66.2 Å². The van der Waals surface area contributed by atoms with Gasteiger partial charge >= 0.3 is 11.9 Å². The first kappa shape index (κ1) is 43.1. The van der Waals surface area contributed by atoms with Gasteiger partial charge in [0.1, 0.15) is 11.6 Å². The Balaban J connectivity index is -0.000000541. The maximum absolute atomic E-state index is 11.5. The number of carbonyl (C=O) groups is 2. The predicted molar refractivity (Wildman–Crippen MR) is 187 cm³/mol. The summed E-state index contributed by atoms with van der Waals surface area (Å²) < 4.78 is 10.4. The molecule has 2 rings (SSSR count). The summed E-state index contributed by atoms with van der Waals surface area (Å²) in [6.45, 7) is 7.62. The summed E-state index contributed by atoms with van der Waals surface area (Å²) in [5.41, 5.74) is 2.53. The molecule has 6 nitrogen and oxygen atoms in total. The number of carbonyl (C=O) groups excluding carboxylic acids is 2. The van der Waals surface area contributed by atoms with Gasteiger partial charge in [-0.05, 0) is 37.5 Å². The first-order valence-electron chi connectivity index (χ1n) is 11.3. The van der Waals surface area contributed by atoms with Crippen molar-refractivity contribution in [3.05, 3.63) is 82.3 Å². The number of benzene rings is 2. The molecule has 2 aromatic rings. The fourth-order valence-corrected chi connectivity index (χ4v) is 2.87. The Hall–Kier alpha value is -0.396. The van der Waals surface area contributed by atoms with Gasteiger partial charge in [-0.3, -0.25) is 9.73 Å². The van der Waals surface area contributed by atoms with Crippen LogP contribution in [0, 0.1) is 33.5 Å². The van der Waals surface area contributed by atoms with Crippen molar-refractivity contribution in [2.45, 2.75) is 33.6 Å². The molecule has 1 radical (unpaired) electrons. The van der Waals surface area contributed by atoms with Crippen LogP contribution in [0.4, 0.5) is 0 Å². The fraction of sp³-hybridized carbons (Fsp3) is 0.321. The molecule has 2 aromatic carbocycles. The molecule has 0 aliphatic heterocycles. The van der Waals surface area contributed by atoms with Gasteiger partial charge in [-0.1, -0.05) is 135 Å². The van der Waals surface area contributed by atoms with Gasteiger partial charge < -0.3 is 32.1 Å². The van der Waals surface area contributed by atoms with E-state index in [4.69, 9.17) is 20.0 Å². The summed E-state index contributed by atoms with van der Waals surface area (Å²) in [6, 6.07) is 22.7. The molecule has 0 bridgehead atoms. The van der Waals surface area contributed by atoms with Gasteiger partial charge in [0.05, 0.1) is 19.3 Å². The van der Waals surface area contributed by atoms with Crippen molar-refractivity contribution < 1.29 is 37.6 Å². The second-order valence-corrected chi connectivity index (χ2v) is 17.9. The molecule has 0 heterocycles. The number of rotatable bonds is 7. The van der Waals surface area contributed by atoms with E-state index in [9.17, 15) is 9.59 Å². The van der Waals surface area contributed by atoms with Crippen LogP contribution in [0.3, 0.4) is 0 Å². The van der Waals surface area contributed by atoms with E-state index in [-0.39, 0.29) is 36.7 Å². The van der Waals surface area contributed by atoms with Crippen LogP contribution in [0.25, 0.3) is 5.57 Å². The van der Waals surface area contributed by atoms with E-state index in [0.29, 0.717) is 12.2 Å². The number of hydrogen-bond acceptors (Lipinski definition) is 6. The molecule has 2 atom stereocenters. The summed E-state index contributed by atoms with van der Waals surface area (Å²) in [6.07, 6.45) is 0. The molecule has 11 heteroatoms. The van der Waals surface area contributed by atoms with E-state index in [0.717, 1.165) is 11.1 Å². The number of allylic oxidation sites excluding steroid dienone is 1.